The third-order valence-electron chi connectivity index (χ3n) is 4.53. The van der Waals surface area contributed by atoms with Crippen LogP contribution in [-0.2, 0) is 11.3 Å². The number of carbonyl (C=O) groups excluding carboxylic acids is 2. The van der Waals surface area contributed by atoms with Crippen molar-refractivity contribution in [3.63, 3.8) is 0 Å². The Morgan fingerprint density at radius 1 is 1.14 bits per heavy atom. The fourth-order valence-electron chi connectivity index (χ4n) is 3.12. The Hall–Kier alpha value is -3.48. The number of carbonyl (C=O) groups is 2. The topological polar surface area (TPSA) is 96.0 Å². The normalized spacial score (nSPS) is 11.2. The molecule has 0 spiro atoms. The summed E-state index contributed by atoms with van der Waals surface area (Å²) in [7, 11) is 0. The predicted octanol–water partition coefficient (Wildman–Crippen LogP) is 4.50. The highest BCUT2D eigenvalue weighted by molar-refractivity contribution is 5.96. The van der Waals surface area contributed by atoms with Gasteiger partial charge in [-0.15, -0.1) is 10.2 Å². The van der Waals surface area contributed by atoms with Crippen molar-refractivity contribution in [2.24, 2.45) is 10.2 Å². The van der Waals surface area contributed by atoms with Crippen molar-refractivity contribution in [2.75, 3.05) is 6.54 Å². The van der Waals surface area contributed by atoms with Crippen LogP contribution in [0.3, 0.4) is 0 Å². The van der Waals surface area contributed by atoms with Crippen molar-refractivity contribution in [1.29, 1.82) is 0 Å². The minimum atomic E-state index is -0.471. The summed E-state index contributed by atoms with van der Waals surface area (Å²) in [6, 6.07) is 14.6. The average Bonchev–Trinajstić information content (AvgIpc) is 2.97. The van der Waals surface area contributed by atoms with Crippen LogP contribution in [0, 0.1) is 6.92 Å². The van der Waals surface area contributed by atoms with E-state index >= 15 is 0 Å². The van der Waals surface area contributed by atoms with Crippen molar-refractivity contribution in [1.82, 2.24) is 9.88 Å². The second kappa shape index (κ2) is 9.14. The molecule has 2 amide bonds. The van der Waals surface area contributed by atoms with Gasteiger partial charge in [-0.05, 0) is 37.6 Å². The maximum Gasteiger partial charge on any atom is 0.266 e. The molecule has 3 aromatic rings. The number of rotatable bonds is 7. The third kappa shape index (κ3) is 4.68. The van der Waals surface area contributed by atoms with Gasteiger partial charge >= 0.3 is 0 Å². The Morgan fingerprint density at radius 2 is 1.90 bits per heavy atom. The molecule has 0 saturated carbocycles. The Kier molecular flexibility index (Phi) is 6.39. The summed E-state index contributed by atoms with van der Waals surface area (Å²) in [5, 5.41) is 21.8. The number of nitrogens with zero attached hydrogens (tertiary/aromatic N) is 3. The van der Waals surface area contributed by atoms with E-state index in [4.69, 9.17) is 0 Å². The van der Waals surface area contributed by atoms with Gasteiger partial charge in [0.25, 0.3) is 11.8 Å². The van der Waals surface area contributed by atoms with E-state index in [0.29, 0.717) is 17.8 Å². The smallest absolute Gasteiger partial charge is 0.266 e. The van der Waals surface area contributed by atoms with Gasteiger partial charge in [0.05, 0.1) is 5.52 Å². The fourth-order valence-corrected chi connectivity index (χ4v) is 3.12. The monoisotopic (exact) mass is 392 g/mol. The number of aryl methyl sites for hydroxylation is 2. The van der Waals surface area contributed by atoms with E-state index in [9.17, 15) is 14.7 Å². The van der Waals surface area contributed by atoms with Crippen LogP contribution in [0.15, 0.2) is 58.8 Å². The van der Waals surface area contributed by atoms with Crippen LogP contribution in [0.25, 0.3) is 10.9 Å². The van der Waals surface area contributed by atoms with Gasteiger partial charge in [0.15, 0.2) is 5.69 Å². The van der Waals surface area contributed by atoms with Gasteiger partial charge in [0.2, 0.25) is 5.88 Å². The minimum Gasteiger partial charge on any atom is -0.493 e. The van der Waals surface area contributed by atoms with Crippen molar-refractivity contribution >= 4 is 28.4 Å². The lowest BCUT2D eigenvalue weighted by atomic mass is 10.1. The molecular formula is C22H24N4O3. The van der Waals surface area contributed by atoms with Crippen molar-refractivity contribution in [3.05, 3.63) is 59.7 Å². The quantitative estimate of drug-likeness (QED) is 0.580. The number of aromatic nitrogens is 1. The second-order valence-corrected chi connectivity index (χ2v) is 6.81. The first-order valence-electron chi connectivity index (χ1n) is 9.61. The van der Waals surface area contributed by atoms with Gasteiger partial charge in [0.1, 0.15) is 0 Å². The zero-order chi connectivity index (χ0) is 20.8. The lowest BCUT2D eigenvalue weighted by Gasteiger charge is -2.04. The van der Waals surface area contributed by atoms with Gasteiger partial charge in [-0.2, -0.15) is 0 Å². The minimum absolute atomic E-state index is 0.00128. The summed E-state index contributed by atoms with van der Waals surface area (Å²) in [6.07, 6.45) is 0.872. The Balaban J connectivity index is 1.68. The molecular weight excluding hydrogens is 368 g/mol. The molecule has 1 heterocycles. The lowest BCUT2D eigenvalue weighted by Crippen LogP contribution is -2.25. The summed E-state index contributed by atoms with van der Waals surface area (Å²) in [5.74, 6) is -0.714. The lowest BCUT2D eigenvalue weighted by molar-refractivity contribution is -0.118. The zero-order valence-corrected chi connectivity index (χ0v) is 16.6. The zero-order valence-electron chi connectivity index (χ0n) is 16.6. The Labute approximate surface area is 169 Å². The van der Waals surface area contributed by atoms with Crippen molar-refractivity contribution < 1.29 is 14.7 Å². The molecule has 0 saturated heterocycles. The number of hydrogen-bond donors (Lipinski definition) is 2. The molecule has 2 aromatic carbocycles. The van der Waals surface area contributed by atoms with Crippen LogP contribution in [0.5, 0.6) is 5.88 Å². The molecule has 7 heteroatoms. The molecule has 1 aromatic heterocycles. The number of aromatic hydroxyl groups is 1. The molecule has 0 aliphatic carbocycles. The van der Waals surface area contributed by atoms with E-state index in [1.54, 1.807) is 28.8 Å². The number of azo groups is 1. The summed E-state index contributed by atoms with van der Waals surface area (Å²) >= 11 is 0. The van der Waals surface area contributed by atoms with Crippen molar-refractivity contribution in [2.45, 2.75) is 33.2 Å². The number of benzene rings is 2. The highest BCUT2D eigenvalue weighted by atomic mass is 16.3. The largest absolute Gasteiger partial charge is 0.493 e. The molecule has 0 radical (unpaired) electrons. The molecule has 0 aliphatic rings. The molecule has 150 valence electrons. The number of hydrogen-bond acceptors (Lipinski definition) is 4. The van der Waals surface area contributed by atoms with Crippen LogP contribution in [0.4, 0.5) is 5.69 Å². The van der Waals surface area contributed by atoms with Gasteiger partial charge in [-0.1, -0.05) is 36.8 Å². The van der Waals surface area contributed by atoms with E-state index in [1.807, 2.05) is 38.1 Å². The van der Waals surface area contributed by atoms with Gasteiger partial charge < -0.3 is 15.0 Å². The molecule has 0 bridgehead atoms. The first kappa shape index (κ1) is 20.3. The molecule has 0 fully saturated rings. The summed E-state index contributed by atoms with van der Waals surface area (Å²) in [4.78, 5) is 24.1. The number of fused-ring (bicyclic) bond motifs is 1. The van der Waals surface area contributed by atoms with Crippen LogP contribution >= 0.6 is 0 Å². The molecule has 3 rings (SSSR count). The highest BCUT2D eigenvalue weighted by Crippen LogP contribution is 2.39. The molecule has 0 unspecified atom stereocenters. The van der Waals surface area contributed by atoms with Crippen LogP contribution in [-0.4, -0.2) is 28.0 Å². The number of amides is 2. The molecule has 0 aliphatic heterocycles. The van der Waals surface area contributed by atoms with Gasteiger partial charge in [-0.25, -0.2) is 0 Å². The molecule has 0 atom stereocenters. The molecule has 29 heavy (non-hydrogen) atoms. The Bertz CT molecular complexity index is 1050. The summed E-state index contributed by atoms with van der Waals surface area (Å²) in [5.41, 5.74) is 2.70. The van der Waals surface area contributed by atoms with Crippen LogP contribution in [0.2, 0.25) is 0 Å². The highest BCUT2D eigenvalue weighted by Gasteiger charge is 2.16. The number of nitrogens with one attached hydrogen (secondary N) is 1. The van der Waals surface area contributed by atoms with E-state index in [-0.39, 0.29) is 24.8 Å². The van der Waals surface area contributed by atoms with E-state index in [0.717, 1.165) is 22.9 Å². The first-order chi connectivity index (χ1) is 14.0. The fraction of sp³-hybridized carbons (Fsp3) is 0.273. The van der Waals surface area contributed by atoms with Gasteiger partial charge in [0, 0.05) is 30.5 Å². The van der Waals surface area contributed by atoms with Crippen LogP contribution in [0.1, 0.15) is 35.7 Å². The van der Waals surface area contributed by atoms with Gasteiger partial charge in [-0.3, -0.25) is 9.59 Å². The standard InChI is InChI=1S/C22H24N4O3/c1-3-13-26-18-10-9-15(2)14-17(18)20(22(26)29)25-24-19(27)11-12-23-21(28)16-7-5-4-6-8-16/h4-10,14,29H,3,11-13H2,1-2H3,(H,23,28). The predicted molar refractivity (Wildman–Crippen MR) is 112 cm³/mol. The molecule has 7 nitrogen and oxygen atoms in total. The van der Waals surface area contributed by atoms with E-state index in [2.05, 4.69) is 15.5 Å². The van der Waals surface area contributed by atoms with Crippen LogP contribution < -0.4 is 5.32 Å². The SMILES string of the molecule is CCCn1c(O)c(N=NC(=O)CCNC(=O)c2ccccc2)c2cc(C)ccc21. The first-order valence-corrected chi connectivity index (χ1v) is 9.61. The van der Waals surface area contributed by atoms with E-state index < -0.39 is 5.91 Å². The van der Waals surface area contributed by atoms with Crippen molar-refractivity contribution in [3.8, 4) is 5.88 Å². The Morgan fingerprint density at radius 3 is 2.62 bits per heavy atom. The summed E-state index contributed by atoms with van der Waals surface area (Å²) < 4.78 is 1.77. The second-order valence-electron chi connectivity index (χ2n) is 6.81. The maximum absolute atomic E-state index is 12.1. The maximum atomic E-state index is 12.1. The van der Waals surface area contributed by atoms with E-state index in [1.165, 1.54) is 0 Å². The average molecular weight is 392 g/mol. The molecule has 2 N–H and O–H groups in total. The summed E-state index contributed by atoms with van der Waals surface area (Å²) in [6.45, 7) is 4.78. The third-order valence-corrected chi connectivity index (χ3v) is 4.53.